The Morgan fingerprint density at radius 2 is 2.32 bits per heavy atom. The number of nitrogens with zero attached hydrogens (tertiary/aromatic N) is 1. The third-order valence-corrected chi connectivity index (χ3v) is 3.62. The van der Waals surface area contributed by atoms with Gasteiger partial charge in [-0.2, -0.15) is 0 Å². The fraction of sp³-hybridized carbons (Fsp3) is 0.583. The summed E-state index contributed by atoms with van der Waals surface area (Å²) in [6, 6.07) is 0. The van der Waals surface area contributed by atoms with E-state index in [1.165, 1.54) is 10.8 Å². The number of aryl methyl sites for hydroxylation is 1. The van der Waals surface area contributed by atoms with Crippen LogP contribution in [0.2, 0.25) is 0 Å². The molecule has 1 aromatic rings. The molecule has 0 bridgehead atoms. The van der Waals surface area contributed by atoms with Crippen molar-refractivity contribution in [1.82, 2.24) is 9.55 Å². The van der Waals surface area contributed by atoms with Crippen molar-refractivity contribution < 1.29 is 24.5 Å². The maximum Gasteiger partial charge on any atom is 0.352 e. The number of nitrogens with two attached hydrogens (primary N) is 1. The van der Waals surface area contributed by atoms with Crippen molar-refractivity contribution in [3.8, 4) is 0 Å². The number of ether oxygens (including phenoxy) is 2. The smallest absolute Gasteiger partial charge is 0.352 e. The van der Waals surface area contributed by atoms with Crippen LogP contribution in [0.5, 0.6) is 0 Å². The average molecular weight is 331 g/mol. The summed E-state index contributed by atoms with van der Waals surface area (Å²) in [6.07, 6.45) is 0.380. The van der Waals surface area contributed by atoms with Crippen molar-refractivity contribution in [3.63, 3.8) is 0 Å². The molecule has 122 valence electrons. The molecule has 0 spiro atoms. The normalized spacial score (nSPS) is 21.8. The minimum atomic E-state index is -2.77. The minimum absolute atomic E-state index is 0.154. The van der Waals surface area contributed by atoms with E-state index >= 15 is 0 Å². The molecule has 1 saturated heterocycles. The fourth-order valence-electron chi connectivity index (χ4n) is 2.18. The van der Waals surface area contributed by atoms with Gasteiger partial charge in [-0.1, -0.05) is 0 Å². The van der Waals surface area contributed by atoms with E-state index in [-0.39, 0.29) is 16.8 Å². The first-order valence-corrected chi connectivity index (χ1v) is 6.99. The SMILES string of the molecule is Cc1cn(C2CCC(C(O)(O)OC(=O)CN)O2)c(=S)[nH]c1=O. The van der Waals surface area contributed by atoms with Crippen LogP contribution in [-0.2, 0) is 14.3 Å². The summed E-state index contributed by atoms with van der Waals surface area (Å²) >= 11 is 5.06. The summed E-state index contributed by atoms with van der Waals surface area (Å²) in [7, 11) is 0. The number of aliphatic hydroxyl groups is 2. The Hall–Kier alpha value is -1.59. The molecule has 1 aliphatic heterocycles. The van der Waals surface area contributed by atoms with Gasteiger partial charge in [0.05, 0.1) is 6.54 Å². The third-order valence-electron chi connectivity index (χ3n) is 3.30. The van der Waals surface area contributed by atoms with Crippen LogP contribution in [0.3, 0.4) is 0 Å². The molecular formula is C12H17N3O6S. The summed E-state index contributed by atoms with van der Waals surface area (Å²) < 4.78 is 11.6. The molecule has 9 nitrogen and oxygen atoms in total. The second-order valence-electron chi connectivity index (χ2n) is 4.97. The van der Waals surface area contributed by atoms with E-state index in [9.17, 15) is 19.8 Å². The monoisotopic (exact) mass is 331 g/mol. The standard InChI is InChI=1S/C12H17N3O6S/c1-6-5-15(11(22)14-10(6)17)8-3-2-7(20-8)12(18,19)21-9(16)4-13/h5,7-8,18-19H,2-4,13H2,1H3,(H,14,17,22). The van der Waals surface area contributed by atoms with Gasteiger partial charge in [0.2, 0.25) is 0 Å². The zero-order valence-corrected chi connectivity index (χ0v) is 12.6. The molecule has 5 N–H and O–H groups in total. The van der Waals surface area contributed by atoms with Gasteiger partial charge in [0.25, 0.3) is 5.56 Å². The lowest BCUT2D eigenvalue weighted by Gasteiger charge is -2.27. The molecule has 0 aliphatic carbocycles. The van der Waals surface area contributed by atoms with Crippen LogP contribution < -0.4 is 11.3 Å². The van der Waals surface area contributed by atoms with Gasteiger partial charge in [-0.25, -0.2) is 0 Å². The molecule has 1 aromatic heterocycles. The second-order valence-corrected chi connectivity index (χ2v) is 5.36. The van der Waals surface area contributed by atoms with Crippen molar-refractivity contribution in [1.29, 1.82) is 0 Å². The molecule has 0 aromatic carbocycles. The van der Waals surface area contributed by atoms with Gasteiger partial charge < -0.3 is 25.4 Å². The Morgan fingerprint density at radius 3 is 2.95 bits per heavy atom. The third kappa shape index (κ3) is 3.42. The molecule has 0 radical (unpaired) electrons. The lowest BCUT2D eigenvalue weighted by atomic mass is 10.2. The highest BCUT2D eigenvalue weighted by molar-refractivity contribution is 7.71. The topological polar surface area (TPSA) is 140 Å². The van der Waals surface area contributed by atoms with Gasteiger partial charge >= 0.3 is 11.9 Å². The largest absolute Gasteiger partial charge is 0.405 e. The number of hydrogen-bond donors (Lipinski definition) is 4. The van der Waals surface area contributed by atoms with E-state index in [0.717, 1.165) is 0 Å². The van der Waals surface area contributed by atoms with Crippen molar-refractivity contribution in [3.05, 3.63) is 26.9 Å². The number of rotatable bonds is 4. The van der Waals surface area contributed by atoms with Gasteiger partial charge in [-0.3, -0.25) is 19.1 Å². The molecule has 1 fully saturated rings. The van der Waals surface area contributed by atoms with Crippen LogP contribution in [0.4, 0.5) is 0 Å². The van der Waals surface area contributed by atoms with E-state index < -0.39 is 30.8 Å². The predicted octanol–water partition coefficient (Wildman–Crippen LogP) is -0.968. The summed E-state index contributed by atoms with van der Waals surface area (Å²) in [4.78, 5) is 25.0. The number of carbonyl (C=O) groups excluding carboxylic acids is 1. The number of esters is 1. The zero-order chi connectivity index (χ0) is 16.5. The van der Waals surface area contributed by atoms with E-state index in [4.69, 9.17) is 22.7 Å². The Morgan fingerprint density at radius 1 is 1.64 bits per heavy atom. The maximum atomic E-state index is 11.5. The second kappa shape index (κ2) is 6.26. The predicted molar refractivity (Wildman–Crippen MR) is 76.1 cm³/mol. The molecule has 2 heterocycles. The number of aromatic amines is 1. The Balaban J connectivity index is 2.16. The molecular weight excluding hydrogens is 314 g/mol. The minimum Gasteiger partial charge on any atom is -0.405 e. The highest BCUT2D eigenvalue weighted by Crippen LogP contribution is 2.33. The fourth-order valence-corrected chi connectivity index (χ4v) is 2.44. The van der Waals surface area contributed by atoms with E-state index in [1.54, 1.807) is 6.92 Å². The van der Waals surface area contributed by atoms with Crippen molar-refractivity contribution in [2.45, 2.75) is 38.1 Å². The molecule has 10 heteroatoms. The van der Waals surface area contributed by atoms with Crippen LogP contribution in [0, 0.1) is 11.7 Å². The number of carbonyl (C=O) groups is 1. The zero-order valence-electron chi connectivity index (χ0n) is 11.8. The van der Waals surface area contributed by atoms with Gasteiger partial charge in [0.1, 0.15) is 6.23 Å². The summed E-state index contributed by atoms with van der Waals surface area (Å²) in [5.74, 6) is -3.74. The lowest BCUT2D eigenvalue weighted by molar-refractivity contribution is -0.362. The van der Waals surface area contributed by atoms with Crippen molar-refractivity contribution >= 4 is 18.2 Å². The maximum absolute atomic E-state index is 11.5. The van der Waals surface area contributed by atoms with E-state index in [1.807, 2.05) is 0 Å². The van der Waals surface area contributed by atoms with Crippen LogP contribution in [-0.4, -0.2) is 44.4 Å². The van der Waals surface area contributed by atoms with E-state index in [0.29, 0.717) is 12.0 Å². The van der Waals surface area contributed by atoms with Crippen LogP contribution in [0.15, 0.2) is 11.0 Å². The number of H-pyrrole nitrogens is 1. The van der Waals surface area contributed by atoms with Crippen LogP contribution in [0.25, 0.3) is 0 Å². The summed E-state index contributed by atoms with van der Waals surface area (Å²) in [5.41, 5.74) is 5.20. The average Bonchev–Trinajstić information content (AvgIpc) is 2.92. The van der Waals surface area contributed by atoms with Gasteiger partial charge in [-0.05, 0) is 32.0 Å². The number of nitrogens with one attached hydrogen (secondary N) is 1. The molecule has 2 rings (SSSR count). The molecule has 22 heavy (non-hydrogen) atoms. The Kier molecular flexibility index (Phi) is 4.78. The molecule has 0 amide bonds. The highest BCUT2D eigenvalue weighted by Gasteiger charge is 2.45. The summed E-state index contributed by atoms with van der Waals surface area (Å²) in [6.45, 7) is 1.13. The highest BCUT2D eigenvalue weighted by atomic mass is 32.1. The van der Waals surface area contributed by atoms with Crippen molar-refractivity contribution in [2.24, 2.45) is 5.73 Å². The van der Waals surface area contributed by atoms with Crippen LogP contribution in [0.1, 0.15) is 24.6 Å². The molecule has 1 aliphatic rings. The van der Waals surface area contributed by atoms with Crippen LogP contribution >= 0.6 is 12.2 Å². The van der Waals surface area contributed by atoms with Gasteiger partial charge in [0, 0.05) is 11.8 Å². The molecule has 2 unspecified atom stereocenters. The first kappa shape index (κ1) is 16.8. The Bertz CT molecular complexity index is 682. The number of hydrogen-bond acceptors (Lipinski definition) is 8. The van der Waals surface area contributed by atoms with Crippen molar-refractivity contribution in [2.75, 3.05) is 6.54 Å². The Labute approximate surface area is 130 Å². The van der Waals surface area contributed by atoms with Gasteiger partial charge in [0.15, 0.2) is 10.9 Å². The lowest BCUT2D eigenvalue weighted by Crippen LogP contribution is -2.47. The number of aromatic nitrogens is 2. The first-order valence-electron chi connectivity index (χ1n) is 6.58. The van der Waals surface area contributed by atoms with E-state index in [2.05, 4.69) is 9.72 Å². The quantitative estimate of drug-likeness (QED) is 0.314. The molecule has 0 saturated carbocycles. The van der Waals surface area contributed by atoms with Gasteiger partial charge in [-0.15, -0.1) is 0 Å². The molecule has 2 atom stereocenters. The first-order chi connectivity index (χ1) is 10.2. The summed E-state index contributed by atoms with van der Waals surface area (Å²) in [5, 5.41) is 19.6.